The fraction of sp³-hybridized carbons (Fsp3) is 0.600. The van der Waals surface area contributed by atoms with Gasteiger partial charge in [-0.3, -0.25) is 0 Å². The van der Waals surface area contributed by atoms with Gasteiger partial charge in [-0.1, -0.05) is 0 Å². The molecule has 0 amide bonds. The van der Waals surface area contributed by atoms with Gasteiger partial charge in [-0.25, -0.2) is 0 Å². The van der Waals surface area contributed by atoms with Gasteiger partial charge in [-0.2, -0.15) is 20.2 Å². The average Bonchev–Trinajstić information content (AvgIpc) is 2.29. The number of hydrogen-bond donors (Lipinski definition) is 0. The van der Waals surface area contributed by atoms with Gasteiger partial charge in [-0.05, 0) is 0 Å². The van der Waals surface area contributed by atoms with Crippen molar-refractivity contribution in [3.8, 4) is 12.1 Å². The minimum absolute atomic E-state index is 0.239. The molecule has 0 atom stereocenters. The van der Waals surface area contributed by atoms with Crippen molar-refractivity contribution in [1.29, 1.82) is 5.26 Å². The maximum absolute atomic E-state index is 8.43. The van der Waals surface area contributed by atoms with Crippen LogP contribution in [0.2, 0.25) is 0 Å². The average molecular weight is 236 g/mol. The summed E-state index contributed by atoms with van der Waals surface area (Å²) >= 11 is 0. The Bertz CT molecular complexity index is 385. The molecule has 1 rings (SSSR count). The van der Waals surface area contributed by atoms with Crippen molar-refractivity contribution in [1.82, 2.24) is 15.0 Å². The molecule has 0 saturated carbocycles. The Morgan fingerprint density at radius 3 is 2.00 bits per heavy atom. The first-order chi connectivity index (χ1) is 8.04. The smallest absolute Gasteiger partial charge is 0.323 e. The van der Waals surface area contributed by atoms with E-state index in [0.29, 0.717) is 18.3 Å². The fourth-order valence-corrected chi connectivity index (χ4v) is 0.988. The Morgan fingerprint density at radius 1 is 1.06 bits per heavy atom. The Morgan fingerprint density at radius 2 is 1.59 bits per heavy atom. The molecule has 0 bridgehead atoms. The first-order valence-corrected chi connectivity index (χ1v) is 5.15. The van der Waals surface area contributed by atoms with E-state index in [9.17, 15) is 0 Å². The molecule has 1 heterocycles. The number of hydrogen-bond acceptors (Lipinski definition) is 7. The summed E-state index contributed by atoms with van der Waals surface area (Å²) in [6.45, 7) is 0.278. The number of anilines is 2. The van der Waals surface area contributed by atoms with Gasteiger partial charge in [0.25, 0.3) is 0 Å². The monoisotopic (exact) mass is 236 g/mol. The Labute approximate surface area is 101 Å². The molecule has 0 aromatic carbocycles. The minimum atomic E-state index is 0.239. The first-order valence-electron chi connectivity index (χ1n) is 5.15. The maximum Gasteiger partial charge on any atom is 0.323 e. The van der Waals surface area contributed by atoms with Gasteiger partial charge in [0, 0.05) is 28.2 Å². The molecule has 1 aromatic heterocycles. The third-order valence-electron chi connectivity index (χ3n) is 1.84. The van der Waals surface area contributed by atoms with E-state index >= 15 is 0 Å². The molecule has 7 nitrogen and oxygen atoms in total. The van der Waals surface area contributed by atoms with E-state index in [1.807, 2.05) is 34.3 Å². The number of rotatable bonds is 5. The fourth-order valence-electron chi connectivity index (χ4n) is 0.988. The Hall–Kier alpha value is -2.10. The SMILES string of the molecule is CN(C)c1nc(OCCC#N)nc(N(C)C)n1. The number of nitrogens with zero attached hydrogens (tertiary/aromatic N) is 6. The van der Waals surface area contributed by atoms with Gasteiger partial charge < -0.3 is 14.5 Å². The number of ether oxygens (including phenoxy) is 1. The molecule has 7 heteroatoms. The van der Waals surface area contributed by atoms with Crippen molar-refractivity contribution in [3.63, 3.8) is 0 Å². The third kappa shape index (κ3) is 3.75. The quantitative estimate of drug-likeness (QED) is 0.680. The molecule has 0 radical (unpaired) electrons. The minimum Gasteiger partial charge on any atom is -0.462 e. The molecule has 0 aliphatic rings. The van der Waals surface area contributed by atoms with Crippen molar-refractivity contribution in [2.24, 2.45) is 0 Å². The van der Waals surface area contributed by atoms with E-state index in [2.05, 4.69) is 15.0 Å². The van der Waals surface area contributed by atoms with Crippen LogP contribution in [0.4, 0.5) is 11.9 Å². The van der Waals surface area contributed by atoms with Gasteiger partial charge in [0.05, 0.1) is 12.5 Å². The summed E-state index contributed by atoms with van der Waals surface area (Å²) in [7, 11) is 7.36. The molecule has 1 aromatic rings. The van der Waals surface area contributed by atoms with Gasteiger partial charge >= 0.3 is 6.01 Å². The van der Waals surface area contributed by atoms with Crippen LogP contribution < -0.4 is 14.5 Å². The predicted molar refractivity (Wildman–Crippen MR) is 64.2 cm³/mol. The highest BCUT2D eigenvalue weighted by atomic mass is 16.5. The van der Waals surface area contributed by atoms with Crippen molar-refractivity contribution in [3.05, 3.63) is 0 Å². The van der Waals surface area contributed by atoms with E-state index in [1.54, 1.807) is 9.80 Å². The molecule has 0 spiro atoms. The van der Waals surface area contributed by atoms with Crippen LogP contribution in [0.1, 0.15) is 6.42 Å². The Kier molecular flexibility index (Phi) is 4.46. The molecule has 0 fully saturated rings. The van der Waals surface area contributed by atoms with Crippen LogP contribution in [-0.4, -0.2) is 49.7 Å². The lowest BCUT2D eigenvalue weighted by atomic mass is 10.5. The van der Waals surface area contributed by atoms with Crippen molar-refractivity contribution < 1.29 is 4.74 Å². The highest BCUT2D eigenvalue weighted by Crippen LogP contribution is 2.14. The predicted octanol–water partition coefficient (Wildman–Crippen LogP) is 0.296. The molecular formula is C10H16N6O. The van der Waals surface area contributed by atoms with Crippen LogP contribution in [0, 0.1) is 11.3 Å². The molecule has 92 valence electrons. The van der Waals surface area contributed by atoms with Gasteiger partial charge in [0.15, 0.2) is 0 Å². The molecule has 0 unspecified atom stereocenters. The summed E-state index contributed by atoms with van der Waals surface area (Å²) in [4.78, 5) is 16.0. The molecular weight excluding hydrogens is 220 g/mol. The third-order valence-corrected chi connectivity index (χ3v) is 1.84. The van der Waals surface area contributed by atoms with E-state index in [-0.39, 0.29) is 12.6 Å². The summed E-state index contributed by atoms with van der Waals surface area (Å²) in [6, 6.07) is 2.23. The van der Waals surface area contributed by atoms with Crippen LogP contribution in [-0.2, 0) is 0 Å². The number of aromatic nitrogens is 3. The van der Waals surface area contributed by atoms with Crippen LogP contribution in [0.3, 0.4) is 0 Å². The van der Waals surface area contributed by atoms with E-state index < -0.39 is 0 Å². The normalized spacial score (nSPS) is 9.59. The van der Waals surface area contributed by atoms with Crippen molar-refractivity contribution in [2.45, 2.75) is 6.42 Å². The molecule has 0 N–H and O–H groups in total. The summed E-state index contributed by atoms with van der Waals surface area (Å²) in [5.74, 6) is 1.05. The largest absolute Gasteiger partial charge is 0.462 e. The topological polar surface area (TPSA) is 78.2 Å². The van der Waals surface area contributed by atoms with Crippen LogP contribution >= 0.6 is 0 Å². The van der Waals surface area contributed by atoms with E-state index in [4.69, 9.17) is 10.00 Å². The second-order valence-corrected chi connectivity index (χ2v) is 3.76. The van der Waals surface area contributed by atoms with Gasteiger partial charge in [0.1, 0.15) is 6.61 Å². The molecule has 0 saturated heterocycles. The summed E-state index contributed by atoms with van der Waals surface area (Å²) in [5, 5.41) is 8.43. The highest BCUT2D eigenvalue weighted by Gasteiger charge is 2.10. The molecule has 0 aliphatic carbocycles. The lowest BCUT2D eigenvalue weighted by Crippen LogP contribution is -2.19. The zero-order chi connectivity index (χ0) is 12.8. The second-order valence-electron chi connectivity index (χ2n) is 3.76. The van der Waals surface area contributed by atoms with Gasteiger partial charge in [-0.15, -0.1) is 0 Å². The second kappa shape index (κ2) is 5.84. The van der Waals surface area contributed by atoms with E-state index in [1.165, 1.54) is 0 Å². The summed E-state index contributed by atoms with van der Waals surface area (Å²) < 4.78 is 5.29. The van der Waals surface area contributed by atoms with Crippen molar-refractivity contribution >= 4 is 11.9 Å². The van der Waals surface area contributed by atoms with Gasteiger partial charge in [0.2, 0.25) is 11.9 Å². The van der Waals surface area contributed by atoms with Crippen LogP contribution in [0.5, 0.6) is 6.01 Å². The molecule has 0 aliphatic heterocycles. The lowest BCUT2D eigenvalue weighted by molar-refractivity contribution is 0.299. The number of nitriles is 1. The maximum atomic E-state index is 8.43. The first kappa shape index (κ1) is 13.0. The molecule has 17 heavy (non-hydrogen) atoms. The lowest BCUT2D eigenvalue weighted by Gasteiger charge is -2.15. The highest BCUT2D eigenvalue weighted by molar-refractivity contribution is 5.37. The standard InChI is InChI=1S/C10H16N6O/c1-15(2)8-12-9(16(3)4)14-10(13-8)17-7-5-6-11/h5,7H2,1-4H3. The van der Waals surface area contributed by atoms with E-state index in [0.717, 1.165) is 0 Å². The summed E-state index contributed by atoms with van der Waals surface area (Å²) in [5.41, 5.74) is 0. The van der Waals surface area contributed by atoms with Crippen LogP contribution in [0.25, 0.3) is 0 Å². The van der Waals surface area contributed by atoms with Crippen LogP contribution in [0.15, 0.2) is 0 Å². The zero-order valence-corrected chi connectivity index (χ0v) is 10.5. The zero-order valence-electron chi connectivity index (χ0n) is 10.5. The van der Waals surface area contributed by atoms with Crippen molar-refractivity contribution in [2.75, 3.05) is 44.6 Å². The Balaban J connectivity index is 2.92. The summed E-state index contributed by atoms with van der Waals surface area (Å²) in [6.07, 6.45) is 0.306.